The largest absolute Gasteiger partial charge is 0.377 e. The fourth-order valence-electron chi connectivity index (χ4n) is 1.70. The molecule has 0 saturated carbocycles. The van der Waals surface area contributed by atoms with Gasteiger partial charge >= 0.3 is 0 Å². The van der Waals surface area contributed by atoms with Crippen molar-refractivity contribution in [1.82, 2.24) is 9.88 Å². The highest BCUT2D eigenvalue weighted by Gasteiger charge is 2.03. The van der Waals surface area contributed by atoms with Gasteiger partial charge in [0.1, 0.15) is 0 Å². The molecule has 94 valence electrons. The third-order valence-corrected chi connectivity index (χ3v) is 2.56. The molecule has 1 aromatic heterocycles. The van der Waals surface area contributed by atoms with E-state index < -0.39 is 0 Å². The Morgan fingerprint density at radius 1 is 1.00 bits per heavy atom. The number of rotatable bonds is 3. The predicted molar refractivity (Wildman–Crippen MR) is 79.5 cm³/mol. The lowest BCUT2D eigenvalue weighted by molar-refractivity contribution is 0.595. The first kappa shape index (κ1) is 14.3. The van der Waals surface area contributed by atoms with Crippen molar-refractivity contribution < 1.29 is 0 Å². The zero-order chi connectivity index (χ0) is 12.1. The summed E-state index contributed by atoms with van der Waals surface area (Å²) in [6, 6.07) is 14.4. The Bertz CT molecular complexity index is 492. The summed E-state index contributed by atoms with van der Waals surface area (Å²) in [5, 5.41) is 0. The van der Waals surface area contributed by atoms with Gasteiger partial charge in [-0.1, -0.05) is 30.3 Å². The van der Waals surface area contributed by atoms with Crippen molar-refractivity contribution in [1.29, 1.82) is 0 Å². The van der Waals surface area contributed by atoms with E-state index in [1.54, 1.807) is 0 Å². The number of aromatic nitrogens is 1. The molecule has 0 N–H and O–H groups in total. The lowest BCUT2D eigenvalue weighted by atomic mass is 10.1. The molecule has 0 amide bonds. The third-order valence-electron chi connectivity index (χ3n) is 2.56. The summed E-state index contributed by atoms with van der Waals surface area (Å²) < 4.78 is 0. The number of hydrogen-bond acceptors (Lipinski definition) is 2. The second-order valence-corrected chi connectivity index (χ2v) is 4.07. The standard InChI is InChI=1S/C15H16N2.ClH/c1-17(2)15(14-8-10-16-11-9-14)12-13-6-4-3-5-7-13;/h3-12H,1-2H3;1H. The molecule has 0 atom stereocenters. The minimum absolute atomic E-state index is 0. The van der Waals surface area contributed by atoms with E-state index in [0.717, 1.165) is 0 Å². The highest BCUT2D eigenvalue weighted by molar-refractivity contribution is 5.85. The summed E-state index contributed by atoms with van der Waals surface area (Å²) in [4.78, 5) is 6.16. The van der Waals surface area contributed by atoms with Crippen molar-refractivity contribution in [2.75, 3.05) is 14.1 Å². The molecule has 0 aliphatic heterocycles. The molecule has 0 radical (unpaired) electrons. The van der Waals surface area contributed by atoms with Crippen LogP contribution < -0.4 is 0 Å². The molecule has 2 rings (SSSR count). The lowest BCUT2D eigenvalue weighted by Gasteiger charge is -2.17. The van der Waals surface area contributed by atoms with Crippen LogP contribution in [0, 0.1) is 0 Å². The van der Waals surface area contributed by atoms with E-state index in [0.29, 0.717) is 0 Å². The van der Waals surface area contributed by atoms with Crippen LogP contribution in [-0.4, -0.2) is 24.0 Å². The van der Waals surface area contributed by atoms with Crippen LogP contribution in [-0.2, 0) is 0 Å². The summed E-state index contributed by atoms with van der Waals surface area (Å²) in [6.07, 6.45) is 5.81. The molecule has 1 aromatic carbocycles. The normalized spacial score (nSPS) is 10.7. The van der Waals surface area contributed by atoms with Crippen LogP contribution in [0.1, 0.15) is 11.1 Å². The van der Waals surface area contributed by atoms with Gasteiger partial charge in [-0.25, -0.2) is 0 Å². The van der Waals surface area contributed by atoms with E-state index in [9.17, 15) is 0 Å². The Morgan fingerprint density at radius 2 is 1.61 bits per heavy atom. The van der Waals surface area contributed by atoms with Crippen LogP contribution in [0.2, 0.25) is 0 Å². The highest BCUT2D eigenvalue weighted by Crippen LogP contribution is 2.19. The molecule has 0 bridgehead atoms. The predicted octanol–water partition coefficient (Wildman–Crippen LogP) is 3.56. The molecule has 3 heteroatoms. The minimum atomic E-state index is 0. The average Bonchev–Trinajstić information content (AvgIpc) is 2.38. The summed E-state index contributed by atoms with van der Waals surface area (Å²) in [5.41, 5.74) is 3.56. The van der Waals surface area contributed by atoms with Gasteiger partial charge in [0, 0.05) is 37.7 Å². The Kier molecular flexibility index (Phi) is 5.40. The number of pyridine rings is 1. The summed E-state index contributed by atoms with van der Waals surface area (Å²) in [5.74, 6) is 0. The van der Waals surface area contributed by atoms with E-state index in [1.165, 1.54) is 16.8 Å². The Hall–Kier alpha value is -1.80. The van der Waals surface area contributed by atoms with Crippen LogP contribution >= 0.6 is 12.4 Å². The van der Waals surface area contributed by atoms with Crippen molar-refractivity contribution in [2.45, 2.75) is 0 Å². The fourth-order valence-corrected chi connectivity index (χ4v) is 1.70. The molecular formula is C15H17ClN2. The van der Waals surface area contributed by atoms with Crippen LogP contribution in [0.15, 0.2) is 54.9 Å². The van der Waals surface area contributed by atoms with Gasteiger partial charge in [-0.15, -0.1) is 12.4 Å². The maximum atomic E-state index is 4.05. The maximum Gasteiger partial charge on any atom is 0.0441 e. The van der Waals surface area contributed by atoms with Gasteiger partial charge in [-0.05, 0) is 23.8 Å². The molecule has 0 aliphatic carbocycles. The van der Waals surface area contributed by atoms with Crippen LogP contribution in [0.4, 0.5) is 0 Å². The zero-order valence-corrected chi connectivity index (χ0v) is 11.4. The van der Waals surface area contributed by atoms with E-state index in [-0.39, 0.29) is 12.4 Å². The van der Waals surface area contributed by atoms with E-state index >= 15 is 0 Å². The molecule has 0 saturated heterocycles. The minimum Gasteiger partial charge on any atom is -0.377 e. The van der Waals surface area contributed by atoms with E-state index in [1.807, 2.05) is 42.7 Å². The molecular weight excluding hydrogens is 244 g/mol. The number of hydrogen-bond donors (Lipinski definition) is 0. The van der Waals surface area contributed by atoms with Gasteiger partial charge in [0.2, 0.25) is 0 Å². The maximum absolute atomic E-state index is 4.05. The Labute approximate surface area is 114 Å². The van der Waals surface area contributed by atoms with Crippen molar-refractivity contribution >= 4 is 24.2 Å². The first-order valence-corrected chi connectivity index (χ1v) is 5.62. The molecule has 2 aromatic rings. The van der Waals surface area contributed by atoms with Crippen LogP contribution in [0.3, 0.4) is 0 Å². The van der Waals surface area contributed by atoms with Crippen molar-refractivity contribution in [2.24, 2.45) is 0 Å². The highest BCUT2D eigenvalue weighted by atomic mass is 35.5. The second kappa shape index (κ2) is 6.82. The van der Waals surface area contributed by atoms with E-state index in [2.05, 4.69) is 42.2 Å². The topological polar surface area (TPSA) is 16.1 Å². The first-order chi connectivity index (χ1) is 8.27. The monoisotopic (exact) mass is 260 g/mol. The first-order valence-electron chi connectivity index (χ1n) is 5.62. The molecule has 0 spiro atoms. The van der Waals surface area contributed by atoms with Crippen LogP contribution in [0.5, 0.6) is 0 Å². The average molecular weight is 261 g/mol. The van der Waals surface area contributed by atoms with Gasteiger partial charge in [0.15, 0.2) is 0 Å². The van der Waals surface area contributed by atoms with Crippen molar-refractivity contribution in [3.63, 3.8) is 0 Å². The summed E-state index contributed by atoms with van der Waals surface area (Å²) in [7, 11) is 4.10. The Balaban J connectivity index is 0.00000162. The number of nitrogens with zero attached hydrogens (tertiary/aromatic N) is 2. The molecule has 0 aliphatic rings. The quantitative estimate of drug-likeness (QED) is 0.839. The van der Waals surface area contributed by atoms with Gasteiger partial charge in [-0.3, -0.25) is 4.98 Å². The zero-order valence-electron chi connectivity index (χ0n) is 10.6. The smallest absolute Gasteiger partial charge is 0.0441 e. The molecule has 1 heterocycles. The van der Waals surface area contributed by atoms with Gasteiger partial charge in [0.25, 0.3) is 0 Å². The summed E-state index contributed by atoms with van der Waals surface area (Å²) >= 11 is 0. The van der Waals surface area contributed by atoms with Gasteiger partial charge in [0.05, 0.1) is 0 Å². The lowest BCUT2D eigenvalue weighted by Crippen LogP contribution is -2.09. The van der Waals surface area contributed by atoms with Gasteiger partial charge in [-0.2, -0.15) is 0 Å². The third kappa shape index (κ3) is 3.60. The molecule has 18 heavy (non-hydrogen) atoms. The van der Waals surface area contributed by atoms with Crippen molar-refractivity contribution in [3.05, 3.63) is 66.0 Å². The number of halogens is 1. The molecule has 2 nitrogen and oxygen atoms in total. The van der Waals surface area contributed by atoms with Crippen LogP contribution in [0.25, 0.3) is 11.8 Å². The van der Waals surface area contributed by atoms with Gasteiger partial charge < -0.3 is 4.90 Å². The second-order valence-electron chi connectivity index (χ2n) is 4.07. The number of benzene rings is 1. The van der Waals surface area contributed by atoms with Crippen molar-refractivity contribution in [3.8, 4) is 0 Å². The summed E-state index contributed by atoms with van der Waals surface area (Å²) in [6.45, 7) is 0. The van der Waals surface area contributed by atoms with E-state index in [4.69, 9.17) is 0 Å². The molecule has 0 unspecified atom stereocenters. The fraction of sp³-hybridized carbons (Fsp3) is 0.133. The molecule has 0 fully saturated rings. The Morgan fingerprint density at radius 3 is 2.17 bits per heavy atom. The SMILES string of the molecule is CN(C)C(=Cc1ccccc1)c1ccncc1.Cl.